The van der Waals surface area contributed by atoms with Crippen LogP contribution in [0.25, 0.3) is 0 Å². The molecule has 0 aromatic heterocycles. The van der Waals surface area contributed by atoms with E-state index in [4.69, 9.17) is 15.2 Å². The van der Waals surface area contributed by atoms with Crippen molar-refractivity contribution in [3.8, 4) is 11.5 Å². The second-order valence-electron chi connectivity index (χ2n) is 4.31. The lowest BCUT2D eigenvalue weighted by atomic mass is 10.1. The van der Waals surface area contributed by atoms with Gasteiger partial charge >= 0.3 is 0 Å². The lowest BCUT2D eigenvalue weighted by Crippen LogP contribution is -2.39. The molecule has 98 valence electrons. The Bertz CT molecular complexity index is 432. The molecule has 18 heavy (non-hydrogen) atoms. The van der Waals surface area contributed by atoms with E-state index in [1.165, 1.54) is 0 Å². The van der Waals surface area contributed by atoms with Crippen LogP contribution in [0.2, 0.25) is 0 Å². The molecule has 0 unspecified atom stereocenters. The van der Waals surface area contributed by atoms with Crippen LogP contribution in [-0.2, 0) is 11.2 Å². The van der Waals surface area contributed by atoms with Crippen molar-refractivity contribution in [2.45, 2.75) is 19.4 Å². The predicted octanol–water partition coefficient (Wildman–Crippen LogP) is 0.464. The van der Waals surface area contributed by atoms with Gasteiger partial charge in [-0.2, -0.15) is 0 Å². The molecular formula is C13H18N2O3. The summed E-state index contributed by atoms with van der Waals surface area (Å²) in [6, 6.07) is 5.36. The Balaban J connectivity index is 1.88. The molecule has 0 spiro atoms. The zero-order valence-corrected chi connectivity index (χ0v) is 10.4. The summed E-state index contributed by atoms with van der Waals surface area (Å²) in [7, 11) is 0. The summed E-state index contributed by atoms with van der Waals surface area (Å²) in [4.78, 5) is 11.3. The first kappa shape index (κ1) is 12.7. The number of rotatable bonds is 4. The van der Waals surface area contributed by atoms with E-state index >= 15 is 0 Å². The van der Waals surface area contributed by atoms with Gasteiger partial charge in [0.15, 0.2) is 11.5 Å². The summed E-state index contributed by atoms with van der Waals surface area (Å²) < 4.78 is 10.9. The molecule has 0 bridgehead atoms. The highest BCUT2D eigenvalue weighted by Gasteiger charge is 2.12. The van der Waals surface area contributed by atoms with Crippen LogP contribution in [-0.4, -0.2) is 31.7 Å². The maximum atomic E-state index is 11.3. The number of amides is 1. The minimum atomic E-state index is -0.467. The standard InChI is InChI=1S/C13H18N2O3/c1-9(14)13(16)15-5-4-10-2-3-11-12(8-10)18-7-6-17-11/h2-3,8-9H,4-7,14H2,1H3,(H,15,16)/t9-/m1/s1. The molecule has 0 aliphatic carbocycles. The van der Waals surface area contributed by atoms with Crippen molar-refractivity contribution in [2.75, 3.05) is 19.8 Å². The zero-order chi connectivity index (χ0) is 13.0. The van der Waals surface area contributed by atoms with Crippen molar-refractivity contribution in [1.82, 2.24) is 5.32 Å². The quantitative estimate of drug-likeness (QED) is 0.814. The van der Waals surface area contributed by atoms with Gasteiger partial charge in [-0.25, -0.2) is 0 Å². The molecule has 0 radical (unpaired) electrons. The number of carbonyl (C=O) groups excluding carboxylic acids is 1. The largest absolute Gasteiger partial charge is 0.486 e. The Hall–Kier alpha value is -1.75. The average Bonchev–Trinajstić information content (AvgIpc) is 2.38. The van der Waals surface area contributed by atoms with Gasteiger partial charge in [0.05, 0.1) is 6.04 Å². The lowest BCUT2D eigenvalue weighted by Gasteiger charge is -2.19. The third-order valence-electron chi connectivity index (χ3n) is 2.73. The molecule has 0 saturated carbocycles. The molecule has 1 aromatic carbocycles. The molecule has 1 heterocycles. The van der Waals surface area contributed by atoms with Crippen molar-refractivity contribution >= 4 is 5.91 Å². The maximum absolute atomic E-state index is 11.3. The third kappa shape index (κ3) is 3.13. The van der Waals surface area contributed by atoms with Crippen LogP contribution in [0.3, 0.4) is 0 Å². The lowest BCUT2D eigenvalue weighted by molar-refractivity contribution is -0.121. The van der Waals surface area contributed by atoms with E-state index in [0.29, 0.717) is 19.8 Å². The number of hydrogen-bond donors (Lipinski definition) is 2. The molecule has 1 atom stereocenters. The minimum absolute atomic E-state index is 0.132. The predicted molar refractivity (Wildman–Crippen MR) is 67.8 cm³/mol. The molecular weight excluding hydrogens is 232 g/mol. The summed E-state index contributed by atoms with van der Waals surface area (Å²) in [5.74, 6) is 1.43. The fourth-order valence-electron chi connectivity index (χ4n) is 1.73. The highest BCUT2D eigenvalue weighted by molar-refractivity contribution is 5.80. The molecule has 5 nitrogen and oxygen atoms in total. The number of benzene rings is 1. The number of carbonyl (C=O) groups is 1. The van der Waals surface area contributed by atoms with Gasteiger partial charge in [-0.3, -0.25) is 4.79 Å². The molecule has 3 N–H and O–H groups in total. The van der Waals surface area contributed by atoms with E-state index < -0.39 is 6.04 Å². The van der Waals surface area contributed by atoms with Crippen molar-refractivity contribution in [1.29, 1.82) is 0 Å². The van der Waals surface area contributed by atoms with Gasteiger partial charge in [0, 0.05) is 6.54 Å². The van der Waals surface area contributed by atoms with Gasteiger partial charge < -0.3 is 20.5 Å². The number of hydrogen-bond acceptors (Lipinski definition) is 4. The van der Waals surface area contributed by atoms with Crippen LogP contribution < -0.4 is 20.5 Å². The summed E-state index contributed by atoms with van der Waals surface area (Å²) in [5, 5.41) is 2.77. The van der Waals surface area contributed by atoms with Crippen LogP contribution >= 0.6 is 0 Å². The third-order valence-corrected chi connectivity index (χ3v) is 2.73. The topological polar surface area (TPSA) is 73.6 Å². The SMILES string of the molecule is C[C@@H](N)C(=O)NCCc1ccc2c(c1)OCCO2. The number of nitrogens with one attached hydrogen (secondary N) is 1. The van der Waals surface area contributed by atoms with Crippen molar-refractivity contribution in [3.63, 3.8) is 0 Å². The van der Waals surface area contributed by atoms with E-state index in [0.717, 1.165) is 23.5 Å². The van der Waals surface area contributed by atoms with Gasteiger partial charge in [0.25, 0.3) is 0 Å². The van der Waals surface area contributed by atoms with Gasteiger partial charge in [-0.15, -0.1) is 0 Å². The Kier molecular flexibility index (Phi) is 4.04. The van der Waals surface area contributed by atoms with Crippen molar-refractivity contribution < 1.29 is 14.3 Å². The summed E-state index contributed by atoms with van der Waals surface area (Å²) >= 11 is 0. The number of nitrogens with two attached hydrogens (primary N) is 1. The molecule has 0 fully saturated rings. The Morgan fingerprint density at radius 3 is 2.83 bits per heavy atom. The zero-order valence-electron chi connectivity index (χ0n) is 10.4. The van der Waals surface area contributed by atoms with Crippen LogP contribution in [0.15, 0.2) is 18.2 Å². The van der Waals surface area contributed by atoms with Gasteiger partial charge in [-0.05, 0) is 31.0 Å². The molecule has 5 heteroatoms. The Labute approximate surface area is 106 Å². The van der Waals surface area contributed by atoms with Gasteiger partial charge in [0.2, 0.25) is 5.91 Å². The monoisotopic (exact) mass is 250 g/mol. The van der Waals surface area contributed by atoms with Gasteiger partial charge in [-0.1, -0.05) is 6.07 Å². The summed E-state index contributed by atoms with van der Waals surface area (Å²) in [5.41, 5.74) is 6.56. The van der Waals surface area contributed by atoms with E-state index in [2.05, 4.69) is 5.32 Å². The van der Waals surface area contributed by atoms with E-state index in [1.807, 2.05) is 18.2 Å². The summed E-state index contributed by atoms with van der Waals surface area (Å²) in [6.07, 6.45) is 0.745. The Morgan fingerprint density at radius 2 is 2.11 bits per heavy atom. The molecule has 1 aliphatic heterocycles. The first-order valence-electron chi connectivity index (χ1n) is 6.08. The summed E-state index contributed by atoms with van der Waals surface area (Å²) in [6.45, 7) is 3.41. The first-order valence-corrected chi connectivity index (χ1v) is 6.08. The second-order valence-corrected chi connectivity index (χ2v) is 4.31. The average molecular weight is 250 g/mol. The second kappa shape index (κ2) is 5.73. The number of fused-ring (bicyclic) bond motifs is 1. The Morgan fingerprint density at radius 1 is 1.39 bits per heavy atom. The van der Waals surface area contributed by atoms with Gasteiger partial charge in [0.1, 0.15) is 13.2 Å². The molecule has 1 amide bonds. The van der Waals surface area contributed by atoms with Crippen molar-refractivity contribution in [3.05, 3.63) is 23.8 Å². The van der Waals surface area contributed by atoms with E-state index in [1.54, 1.807) is 6.92 Å². The molecule has 1 aromatic rings. The van der Waals surface area contributed by atoms with Crippen LogP contribution in [0.4, 0.5) is 0 Å². The van der Waals surface area contributed by atoms with Crippen LogP contribution in [0.5, 0.6) is 11.5 Å². The molecule has 0 saturated heterocycles. The van der Waals surface area contributed by atoms with Crippen molar-refractivity contribution in [2.24, 2.45) is 5.73 Å². The fraction of sp³-hybridized carbons (Fsp3) is 0.462. The highest BCUT2D eigenvalue weighted by atomic mass is 16.6. The number of ether oxygens (including phenoxy) is 2. The molecule has 2 rings (SSSR count). The fourth-order valence-corrected chi connectivity index (χ4v) is 1.73. The van der Waals surface area contributed by atoms with E-state index in [9.17, 15) is 4.79 Å². The van der Waals surface area contributed by atoms with Crippen LogP contribution in [0.1, 0.15) is 12.5 Å². The first-order chi connectivity index (χ1) is 8.66. The highest BCUT2D eigenvalue weighted by Crippen LogP contribution is 2.30. The van der Waals surface area contributed by atoms with Crippen LogP contribution in [0, 0.1) is 0 Å². The van der Waals surface area contributed by atoms with E-state index in [-0.39, 0.29) is 5.91 Å². The molecule has 1 aliphatic rings. The smallest absolute Gasteiger partial charge is 0.236 e. The normalized spacial score (nSPS) is 15.0. The maximum Gasteiger partial charge on any atom is 0.236 e. The minimum Gasteiger partial charge on any atom is -0.486 e.